The van der Waals surface area contributed by atoms with Crippen molar-refractivity contribution in [2.75, 3.05) is 53.2 Å². The molecule has 0 amide bonds. The maximum Gasteiger partial charge on any atom is 0.191 e. The Kier molecular flexibility index (Phi) is 9.09. The third-order valence-corrected chi connectivity index (χ3v) is 6.11. The fourth-order valence-corrected chi connectivity index (χ4v) is 4.03. The number of halogens is 1. The zero-order valence-corrected chi connectivity index (χ0v) is 19.1. The molecule has 2 aliphatic rings. The van der Waals surface area contributed by atoms with E-state index in [1.54, 1.807) is 7.11 Å². The van der Waals surface area contributed by atoms with Crippen LogP contribution in [0.25, 0.3) is 0 Å². The highest BCUT2D eigenvalue weighted by Gasteiger charge is 2.37. The molecule has 1 aromatic rings. The first kappa shape index (κ1) is 23.2. The van der Waals surface area contributed by atoms with E-state index in [0.717, 1.165) is 73.8 Å². The SMILES string of the molecule is CCNC(=NCC1(c2cc(Cl)ccc2OC)CCOCC1)NCCCOCC1CC1. The number of nitrogens with zero attached hydrogens (tertiary/aromatic N) is 1. The molecule has 2 N–H and O–H groups in total. The number of ether oxygens (including phenoxy) is 3. The van der Waals surface area contributed by atoms with Crippen LogP contribution in [0.2, 0.25) is 5.02 Å². The smallest absolute Gasteiger partial charge is 0.191 e. The van der Waals surface area contributed by atoms with E-state index in [0.29, 0.717) is 19.8 Å². The second-order valence-electron chi connectivity index (χ2n) is 8.23. The normalized spacial score (nSPS) is 18.8. The molecule has 7 heteroatoms. The number of aliphatic imine (C=N–C) groups is 1. The van der Waals surface area contributed by atoms with Gasteiger partial charge in [0.15, 0.2) is 5.96 Å². The Labute approximate surface area is 185 Å². The lowest BCUT2D eigenvalue weighted by Crippen LogP contribution is -2.41. The number of nitrogens with one attached hydrogen (secondary N) is 2. The summed E-state index contributed by atoms with van der Waals surface area (Å²) >= 11 is 6.34. The fourth-order valence-electron chi connectivity index (χ4n) is 3.86. The number of hydrogen-bond donors (Lipinski definition) is 2. The minimum Gasteiger partial charge on any atom is -0.496 e. The second kappa shape index (κ2) is 11.8. The van der Waals surface area contributed by atoms with Gasteiger partial charge in [0.1, 0.15) is 5.75 Å². The molecule has 3 rings (SSSR count). The molecule has 0 bridgehead atoms. The van der Waals surface area contributed by atoms with Gasteiger partial charge in [-0.05, 0) is 63.1 Å². The van der Waals surface area contributed by atoms with Crippen molar-refractivity contribution >= 4 is 17.6 Å². The summed E-state index contributed by atoms with van der Waals surface area (Å²) in [6.45, 7) is 7.54. The van der Waals surface area contributed by atoms with Crippen molar-refractivity contribution in [3.63, 3.8) is 0 Å². The number of rotatable bonds is 11. The van der Waals surface area contributed by atoms with Crippen molar-refractivity contribution in [2.45, 2.75) is 44.4 Å². The van der Waals surface area contributed by atoms with Gasteiger partial charge < -0.3 is 24.8 Å². The summed E-state index contributed by atoms with van der Waals surface area (Å²) in [5.41, 5.74) is 0.971. The monoisotopic (exact) mass is 437 g/mol. The van der Waals surface area contributed by atoms with Crippen molar-refractivity contribution in [1.82, 2.24) is 10.6 Å². The summed E-state index contributed by atoms with van der Waals surface area (Å²) in [5.74, 6) is 2.52. The summed E-state index contributed by atoms with van der Waals surface area (Å²) in [4.78, 5) is 4.95. The lowest BCUT2D eigenvalue weighted by Gasteiger charge is -2.37. The fraction of sp³-hybridized carbons (Fsp3) is 0.696. The third kappa shape index (κ3) is 6.76. The molecule has 168 valence electrons. The first-order chi connectivity index (χ1) is 14.7. The van der Waals surface area contributed by atoms with E-state index in [1.165, 1.54) is 12.8 Å². The number of methoxy groups -OCH3 is 1. The second-order valence-corrected chi connectivity index (χ2v) is 8.67. The number of benzene rings is 1. The molecule has 0 radical (unpaired) electrons. The van der Waals surface area contributed by atoms with Crippen molar-refractivity contribution in [3.8, 4) is 5.75 Å². The average Bonchev–Trinajstić information content (AvgIpc) is 3.59. The predicted octanol–water partition coefficient (Wildman–Crippen LogP) is 3.77. The van der Waals surface area contributed by atoms with Crippen LogP contribution in [0.15, 0.2) is 23.2 Å². The van der Waals surface area contributed by atoms with E-state index < -0.39 is 0 Å². The molecule has 6 nitrogen and oxygen atoms in total. The molecular weight excluding hydrogens is 402 g/mol. The summed E-state index contributed by atoms with van der Waals surface area (Å²) in [7, 11) is 1.71. The molecule has 2 fully saturated rings. The van der Waals surface area contributed by atoms with Crippen LogP contribution in [0.3, 0.4) is 0 Å². The molecule has 1 aliphatic carbocycles. The van der Waals surface area contributed by atoms with Crippen molar-refractivity contribution < 1.29 is 14.2 Å². The summed E-state index contributed by atoms with van der Waals surface area (Å²) in [5, 5.41) is 7.52. The minimum atomic E-state index is -0.149. The van der Waals surface area contributed by atoms with E-state index in [1.807, 2.05) is 18.2 Å². The van der Waals surface area contributed by atoms with Crippen LogP contribution in [0.5, 0.6) is 5.75 Å². The molecule has 0 atom stereocenters. The van der Waals surface area contributed by atoms with Gasteiger partial charge in [-0.2, -0.15) is 0 Å². The largest absolute Gasteiger partial charge is 0.496 e. The van der Waals surface area contributed by atoms with Gasteiger partial charge in [-0.15, -0.1) is 0 Å². The Balaban J connectivity index is 1.64. The summed E-state index contributed by atoms with van der Waals surface area (Å²) < 4.78 is 17.0. The molecule has 1 aliphatic heterocycles. The van der Waals surface area contributed by atoms with E-state index in [9.17, 15) is 0 Å². The topological polar surface area (TPSA) is 64.1 Å². The van der Waals surface area contributed by atoms with Crippen LogP contribution in [0, 0.1) is 5.92 Å². The van der Waals surface area contributed by atoms with Gasteiger partial charge in [-0.1, -0.05) is 11.6 Å². The van der Waals surface area contributed by atoms with E-state index >= 15 is 0 Å². The number of guanidine groups is 1. The molecule has 1 saturated carbocycles. The highest BCUT2D eigenvalue weighted by molar-refractivity contribution is 6.30. The molecule has 1 heterocycles. The molecule has 0 spiro atoms. The first-order valence-electron chi connectivity index (χ1n) is 11.2. The van der Waals surface area contributed by atoms with Crippen LogP contribution < -0.4 is 15.4 Å². The standard InChI is InChI=1S/C23H36ClN3O3/c1-3-25-22(26-11-4-12-30-16-18-5-6-18)27-17-23(9-13-29-14-10-23)20-15-19(24)7-8-21(20)28-2/h7-8,15,18H,3-6,9-14,16-17H2,1-2H3,(H2,25,26,27). The first-order valence-corrected chi connectivity index (χ1v) is 11.6. The van der Waals surface area contributed by atoms with Crippen molar-refractivity contribution in [2.24, 2.45) is 10.9 Å². The molecule has 1 aromatic carbocycles. The van der Waals surface area contributed by atoms with Gasteiger partial charge in [-0.3, -0.25) is 4.99 Å². The van der Waals surface area contributed by atoms with E-state index in [-0.39, 0.29) is 5.41 Å². The Bertz CT molecular complexity index is 688. The van der Waals surface area contributed by atoms with Gasteiger partial charge >= 0.3 is 0 Å². The van der Waals surface area contributed by atoms with Crippen LogP contribution >= 0.6 is 11.6 Å². The Morgan fingerprint density at radius 1 is 1.27 bits per heavy atom. The van der Waals surface area contributed by atoms with Crippen LogP contribution in [-0.2, 0) is 14.9 Å². The molecule has 0 unspecified atom stereocenters. The van der Waals surface area contributed by atoms with E-state index in [4.69, 9.17) is 30.8 Å². The van der Waals surface area contributed by atoms with Crippen LogP contribution in [-0.4, -0.2) is 59.1 Å². The van der Waals surface area contributed by atoms with Gasteiger partial charge in [0.2, 0.25) is 0 Å². The maximum absolute atomic E-state index is 6.34. The minimum absolute atomic E-state index is 0.149. The molecule has 1 saturated heterocycles. The van der Waals surface area contributed by atoms with Gasteiger partial charge in [-0.25, -0.2) is 0 Å². The zero-order valence-electron chi connectivity index (χ0n) is 18.3. The maximum atomic E-state index is 6.34. The van der Waals surface area contributed by atoms with Gasteiger partial charge in [0.05, 0.1) is 13.7 Å². The quantitative estimate of drug-likeness (QED) is 0.313. The summed E-state index contributed by atoms with van der Waals surface area (Å²) in [6, 6.07) is 5.85. The van der Waals surface area contributed by atoms with Crippen molar-refractivity contribution in [1.29, 1.82) is 0 Å². The third-order valence-electron chi connectivity index (χ3n) is 5.88. The lowest BCUT2D eigenvalue weighted by atomic mass is 9.73. The average molecular weight is 438 g/mol. The molecule has 30 heavy (non-hydrogen) atoms. The Hall–Kier alpha value is -1.50. The number of hydrogen-bond acceptors (Lipinski definition) is 4. The zero-order chi connectivity index (χ0) is 21.2. The van der Waals surface area contributed by atoms with Gasteiger partial charge in [0, 0.05) is 55.5 Å². The van der Waals surface area contributed by atoms with Crippen molar-refractivity contribution in [3.05, 3.63) is 28.8 Å². The molecular formula is C23H36ClN3O3. The Morgan fingerprint density at radius 3 is 2.77 bits per heavy atom. The van der Waals surface area contributed by atoms with Crippen LogP contribution in [0.4, 0.5) is 0 Å². The lowest BCUT2D eigenvalue weighted by molar-refractivity contribution is 0.0523. The summed E-state index contributed by atoms with van der Waals surface area (Å²) in [6.07, 6.45) is 5.42. The highest BCUT2D eigenvalue weighted by atomic mass is 35.5. The van der Waals surface area contributed by atoms with Gasteiger partial charge in [0.25, 0.3) is 0 Å². The van der Waals surface area contributed by atoms with E-state index in [2.05, 4.69) is 17.6 Å². The highest BCUT2D eigenvalue weighted by Crippen LogP contribution is 2.41. The Morgan fingerprint density at radius 2 is 2.07 bits per heavy atom. The van der Waals surface area contributed by atoms with Crippen LogP contribution in [0.1, 0.15) is 44.6 Å². The predicted molar refractivity (Wildman–Crippen MR) is 122 cm³/mol. The molecule has 0 aromatic heterocycles.